The van der Waals surface area contributed by atoms with Crippen LogP contribution in [-0.4, -0.2) is 9.55 Å². The lowest BCUT2D eigenvalue weighted by Gasteiger charge is -2.17. The number of hydrogen-bond donors (Lipinski definition) is 1. The van der Waals surface area contributed by atoms with E-state index in [1.54, 1.807) is 25.1 Å². The number of halogens is 4. The molecule has 0 aliphatic heterocycles. The van der Waals surface area contributed by atoms with Gasteiger partial charge in [0.15, 0.2) is 0 Å². The average molecular weight is 384 g/mol. The fraction of sp³-hybridized carbons (Fsp3) is 0.176. The molecular weight excluding hydrogens is 371 g/mol. The predicted octanol–water partition coefficient (Wildman–Crippen LogP) is 4.65. The van der Waals surface area contributed by atoms with Gasteiger partial charge >= 0.3 is 0 Å². The Morgan fingerprint density at radius 2 is 1.92 bits per heavy atom. The second kappa shape index (κ2) is 6.71. The minimum Gasteiger partial charge on any atom is -0.322 e. The Hall–Kier alpha value is -2.02. The molecule has 130 valence electrons. The number of benzene rings is 2. The van der Waals surface area contributed by atoms with Crippen molar-refractivity contribution in [2.24, 2.45) is 5.73 Å². The van der Waals surface area contributed by atoms with Crippen molar-refractivity contribution in [1.82, 2.24) is 9.55 Å². The first-order valence-electron chi connectivity index (χ1n) is 7.35. The molecule has 25 heavy (non-hydrogen) atoms. The van der Waals surface area contributed by atoms with Gasteiger partial charge in [0.2, 0.25) is 0 Å². The van der Waals surface area contributed by atoms with Crippen molar-refractivity contribution in [3.8, 4) is 5.69 Å². The van der Waals surface area contributed by atoms with Crippen molar-refractivity contribution in [2.75, 3.05) is 0 Å². The van der Waals surface area contributed by atoms with Gasteiger partial charge in [-0.25, -0.2) is 13.8 Å². The molecule has 8 heteroatoms. The zero-order chi connectivity index (χ0) is 18.3. The summed E-state index contributed by atoms with van der Waals surface area (Å²) in [6, 6.07) is 7.99. The predicted molar refractivity (Wildman–Crippen MR) is 94.9 cm³/mol. The molecule has 0 spiro atoms. The zero-order valence-corrected chi connectivity index (χ0v) is 14.5. The maximum atomic E-state index is 13.1. The van der Waals surface area contributed by atoms with Gasteiger partial charge in [0, 0.05) is 10.6 Å². The van der Waals surface area contributed by atoms with Gasteiger partial charge in [0.1, 0.15) is 5.82 Å². The van der Waals surface area contributed by atoms with Crippen LogP contribution in [0.25, 0.3) is 16.6 Å². The summed E-state index contributed by atoms with van der Waals surface area (Å²) in [5.74, 6) is 0.224. The Kier molecular flexibility index (Phi) is 4.77. The minimum absolute atomic E-state index is 0.0783. The largest absolute Gasteiger partial charge is 0.322 e. The second-order valence-corrected chi connectivity index (χ2v) is 6.42. The first kappa shape index (κ1) is 17.8. The Morgan fingerprint density at radius 3 is 2.56 bits per heavy atom. The van der Waals surface area contributed by atoms with E-state index in [0.717, 1.165) is 6.07 Å². The van der Waals surface area contributed by atoms with Gasteiger partial charge in [-0.3, -0.25) is 9.36 Å². The SMILES string of the molecule is CC(N)c1nc2cccc(Cl)c2c(=O)n1-c1cc(Cl)cc(C(F)F)c1. The highest BCUT2D eigenvalue weighted by molar-refractivity contribution is 6.35. The van der Waals surface area contributed by atoms with Crippen molar-refractivity contribution < 1.29 is 8.78 Å². The van der Waals surface area contributed by atoms with Gasteiger partial charge in [0.05, 0.1) is 27.7 Å². The Morgan fingerprint density at radius 1 is 1.20 bits per heavy atom. The molecule has 0 fully saturated rings. The summed E-state index contributed by atoms with van der Waals surface area (Å²) in [4.78, 5) is 17.4. The van der Waals surface area contributed by atoms with E-state index in [1.807, 2.05) is 0 Å². The minimum atomic E-state index is -2.73. The first-order valence-corrected chi connectivity index (χ1v) is 8.11. The second-order valence-electron chi connectivity index (χ2n) is 5.58. The van der Waals surface area contributed by atoms with E-state index < -0.39 is 18.0 Å². The molecule has 0 saturated carbocycles. The van der Waals surface area contributed by atoms with Gasteiger partial charge < -0.3 is 5.73 Å². The van der Waals surface area contributed by atoms with Gasteiger partial charge in [-0.2, -0.15) is 0 Å². The summed E-state index contributed by atoms with van der Waals surface area (Å²) in [5, 5.41) is 0.484. The van der Waals surface area contributed by atoms with E-state index in [9.17, 15) is 13.6 Å². The van der Waals surface area contributed by atoms with Crippen molar-refractivity contribution >= 4 is 34.1 Å². The summed E-state index contributed by atoms with van der Waals surface area (Å²) >= 11 is 12.1. The van der Waals surface area contributed by atoms with E-state index in [2.05, 4.69) is 4.98 Å². The van der Waals surface area contributed by atoms with E-state index in [-0.39, 0.29) is 32.5 Å². The fourth-order valence-electron chi connectivity index (χ4n) is 2.61. The third-order valence-electron chi connectivity index (χ3n) is 3.69. The molecule has 0 radical (unpaired) electrons. The van der Waals surface area contributed by atoms with Crippen molar-refractivity contribution in [3.63, 3.8) is 0 Å². The Labute approximate surface area is 151 Å². The molecule has 0 amide bonds. The topological polar surface area (TPSA) is 60.9 Å². The molecule has 1 aromatic heterocycles. The van der Waals surface area contributed by atoms with E-state index in [0.29, 0.717) is 5.52 Å². The summed E-state index contributed by atoms with van der Waals surface area (Å²) in [6.07, 6.45) is -2.73. The number of nitrogens with two attached hydrogens (primary N) is 1. The van der Waals surface area contributed by atoms with Crippen molar-refractivity contribution in [2.45, 2.75) is 19.4 Å². The highest BCUT2D eigenvalue weighted by Gasteiger charge is 2.19. The molecule has 0 aliphatic rings. The monoisotopic (exact) mass is 383 g/mol. The normalized spacial score (nSPS) is 12.8. The smallest absolute Gasteiger partial charge is 0.267 e. The molecule has 3 aromatic rings. The maximum absolute atomic E-state index is 13.1. The van der Waals surface area contributed by atoms with Gasteiger partial charge in [-0.05, 0) is 37.3 Å². The molecular formula is C17H13Cl2F2N3O. The third kappa shape index (κ3) is 3.25. The summed E-state index contributed by atoms with van der Waals surface area (Å²) < 4.78 is 27.4. The van der Waals surface area contributed by atoms with Crippen LogP contribution in [0.3, 0.4) is 0 Å². The van der Waals surface area contributed by atoms with Crippen LogP contribution in [0, 0.1) is 0 Å². The summed E-state index contributed by atoms with van der Waals surface area (Å²) in [6.45, 7) is 1.65. The van der Waals surface area contributed by atoms with Crippen LogP contribution < -0.4 is 11.3 Å². The van der Waals surface area contributed by atoms with Crippen molar-refractivity contribution in [1.29, 1.82) is 0 Å². The van der Waals surface area contributed by atoms with Crippen LogP contribution in [0.2, 0.25) is 10.0 Å². The standard InChI is InChI=1S/C17H13Cl2F2N3O/c1-8(22)16-23-13-4-2-3-12(19)14(13)17(25)24(16)11-6-9(15(20)21)5-10(18)7-11/h2-8,15H,22H2,1H3. The Bertz CT molecular complexity index is 1020. The molecule has 1 heterocycles. The highest BCUT2D eigenvalue weighted by Crippen LogP contribution is 2.27. The maximum Gasteiger partial charge on any atom is 0.267 e. The van der Waals surface area contributed by atoms with Crippen LogP contribution in [0.4, 0.5) is 8.78 Å². The highest BCUT2D eigenvalue weighted by atomic mass is 35.5. The Balaban J connectivity index is 2.43. The molecule has 0 aliphatic carbocycles. The molecule has 0 saturated heterocycles. The van der Waals surface area contributed by atoms with E-state index in [1.165, 1.54) is 16.7 Å². The lowest BCUT2D eigenvalue weighted by atomic mass is 10.1. The van der Waals surface area contributed by atoms with Gasteiger partial charge in [-0.1, -0.05) is 29.3 Å². The zero-order valence-electron chi connectivity index (χ0n) is 13.0. The lowest BCUT2D eigenvalue weighted by molar-refractivity contribution is 0.151. The molecule has 1 atom stereocenters. The number of alkyl halides is 2. The average Bonchev–Trinajstić information content (AvgIpc) is 2.53. The van der Waals surface area contributed by atoms with E-state index >= 15 is 0 Å². The number of rotatable bonds is 3. The number of aromatic nitrogens is 2. The molecule has 0 bridgehead atoms. The molecule has 3 rings (SSSR count). The number of hydrogen-bond acceptors (Lipinski definition) is 3. The van der Waals surface area contributed by atoms with Crippen LogP contribution in [0.5, 0.6) is 0 Å². The first-order chi connectivity index (χ1) is 11.8. The molecule has 2 aromatic carbocycles. The van der Waals surface area contributed by atoms with Crippen molar-refractivity contribution in [3.05, 3.63) is 68.2 Å². The summed E-state index contributed by atoms with van der Waals surface area (Å²) in [7, 11) is 0. The molecule has 4 nitrogen and oxygen atoms in total. The van der Waals surface area contributed by atoms with Crippen LogP contribution in [0.1, 0.15) is 30.8 Å². The van der Waals surface area contributed by atoms with Crippen LogP contribution in [-0.2, 0) is 0 Å². The van der Waals surface area contributed by atoms with Crippen LogP contribution >= 0.6 is 23.2 Å². The quantitative estimate of drug-likeness (QED) is 0.715. The van der Waals surface area contributed by atoms with E-state index in [4.69, 9.17) is 28.9 Å². The van der Waals surface area contributed by atoms with Crippen LogP contribution in [0.15, 0.2) is 41.2 Å². The lowest BCUT2D eigenvalue weighted by Crippen LogP contribution is -2.27. The third-order valence-corrected chi connectivity index (χ3v) is 4.23. The molecule has 1 unspecified atom stereocenters. The number of nitrogens with zero attached hydrogens (tertiary/aromatic N) is 2. The van der Waals surface area contributed by atoms with Gasteiger partial charge in [-0.15, -0.1) is 0 Å². The summed E-state index contributed by atoms with van der Waals surface area (Å²) in [5.41, 5.74) is 5.70. The fourth-order valence-corrected chi connectivity index (χ4v) is 3.10. The molecule has 2 N–H and O–H groups in total. The number of fused-ring (bicyclic) bond motifs is 1. The van der Waals surface area contributed by atoms with Gasteiger partial charge in [0.25, 0.3) is 12.0 Å².